The van der Waals surface area contributed by atoms with Gasteiger partial charge in [-0.05, 0) is 36.8 Å². The summed E-state index contributed by atoms with van der Waals surface area (Å²) in [6.07, 6.45) is -1.32. The third-order valence-electron chi connectivity index (χ3n) is 4.15. The van der Waals surface area contributed by atoms with Crippen molar-refractivity contribution in [2.24, 2.45) is 0 Å². The van der Waals surface area contributed by atoms with Crippen LogP contribution < -0.4 is 19.5 Å². The molecule has 0 spiro atoms. The Morgan fingerprint density at radius 2 is 1.89 bits per heavy atom. The summed E-state index contributed by atoms with van der Waals surface area (Å²) >= 11 is 0. The smallest absolute Gasteiger partial charge is 0.413 e. The highest BCUT2D eigenvalue weighted by Gasteiger charge is 2.34. The van der Waals surface area contributed by atoms with E-state index in [9.17, 15) is 24.8 Å². The molecule has 2 N–H and O–H groups in total. The first-order chi connectivity index (χ1) is 13.3. The molecule has 0 saturated carbocycles. The first kappa shape index (κ1) is 19.0. The zero-order chi connectivity index (χ0) is 20.3. The Hall–Kier alpha value is -3.82. The molecule has 0 aromatic heterocycles. The Morgan fingerprint density at radius 1 is 1.21 bits per heavy atom. The van der Waals surface area contributed by atoms with E-state index >= 15 is 0 Å². The molecular weight excluding hydrogens is 372 g/mol. The molecule has 3 rings (SSSR count). The van der Waals surface area contributed by atoms with E-state index in [0.29, 0.717) is 17.1 Å². The van der Waals surface area contributed by atoms with E-state index in [2.05, 4.69) is 5.32 Å². The molecule has 0 aliphatic carbocycles. The zero-order valence-electron chi connectivity index (χ0n) is 14.7. The van der Waals surface area contributed by atoms with Gasteiger partial charge < -0.3 is 24.6 Å². The summed E-state index contributed by atoms with van der Waals surface area (Å²) in [5, 5.41) is 22.5. The van der Waals surface area contributed by atoms with Gasteiger partial charge in [0.25, 0.3) is 5.69 Å². The summed E-state index contributed by atoms with van der Waals surface area (Å²) in [4.78, 5) is 33.8. The Bertz CT molecular complexity index is 928. The van der Waals surface area contributed by atoms with Crippen molar-refractivity contribution < 1.29 is 33.8 Å². The maximum absolute atomic E-state index is 12.3. The molecule has 1 amide bonds. The normalized spacial score (nSPS) is 14.0. The van der Waals surface area contributed by atoms with Gasteiger partial charge in [0, 0.05) is 12.1 Å². The van der Waals surface area contributed by atoms with Crippen LogP contribution in [0.1, 0.15) is 18.9 Å². The van der Waals surface area contributed by atoms with Crippen LogP contribution in [0.5, 0.6) is 17.2 Å². The number of hydrogen-bond acceptors (Lipinski definition) is 7. The number of benzene rings is 2. The molecule has 10 nitrogen and oxygen atoms in total. The second-order valence-electron chi connectivity index (χ2n) is 6.24. The summed E-state index contributed by atoms with van der Waals surface area (Å²) < 4.78 is 15.7. The molecule has 0 fully saturated rings. The lowest BCUT2D eigenvalue weighted by atomic mass is 9.88. The molecule has 28 heavy (non-hydrogen) atoms. The van der Waals surface area contributed by atoms with Crippen LogP contribution in [0.3, 0.4) is 0 Å². The van der Waals surface area contributed by atoms with Crippen molar-refractivity contribution >= 4 is 17.7 Å². The van der Waals surface area contributed by atoms with Crippen LogP contribution >= 0.6 is 0 Å². The van der Waals surface area contributed by atoms with Crippen LogP contribution in [0, 0.1) is 10.1 Å². The van der Waals surface area contributed by atoms with Gasteiger partial charge in [0.05, 0.1) is 16.9 Å². The molecule has 1 aliphatic heterocycles. The number of nitro groups is 1. The van der Waals surface area contributed by atoms with Crippen LogP contribution in [0.15, 0.2) is 42.5 Å². The number of carboxylic acids is 1. The lowest BCUT2D eigenvalue weighted by Crippen LogP contribution is -2.46. The zero-order valence-corrected chi connectivity index (χ0v) is 14.7. The van der Waals surface area contributed by atoms with Gasteiger partial charge in [0.15, 0.2) is 11.5 Å². The molecule has 1 aliphatic rings. The van der Waals surface area contributed by atoms with E-state index in [-0.39, 0.29) is 18.2 Å². The topological polar surface area (TPSA) is 137 Å². The SMILES string of the molecule is C[C@](CC(=O)O)(NC(=O)Oc1ccc([N+](=O)[O-])cc1)c1ccc2c(c1)OCO2. The summed E-state index contributed by atoms with van der Waals surface area (Å²) in [7, 11) is 0. The molecule has 2 aromatic carbocycles. The third kappa shape index (κ3) is 4.11. The van der Waals surface area contributed by atoms with Crippen LogP contribution in [0.25, 0.3) is 0 Å². The predicted molar refractivity (Wildman–Crippen MR) is 94.4 cm³/mol. The second kappa shape index (κ2) is 7.43. The number of carbonyl (C=O) groups excluding carboxylic acids is 1. The van der Waals surface area contributed by atoms with E-state index in [1.807, 2.05) is 0 Å². The molecular formula is C18H16N2O8. The maximum Gasteiger partial charge on any atom is 0.413 e. The van der Waals surface area contributed by atoms with Crippen molar-refractivity contribution in [1.29, 1.82) is 0 Å². The lowest BCUT2D eigenvalue weighted by molar-refractivity contribution is -0.384. The van der Waals surface area contributed by atoms with Crippen molar-refractivity contribution in [2.75, 3.05) is 6.79 Å². The highest BCUT2D eigenvalue weighted by Crippen LogP contribution is 2.37. The van der Waals surface area contributed by atoms with Gasteiger partial charge in [0.1, 0.15) is 5.75 Å². The Kier molecular flexibility index (Phi) is 5.03. The Balaban J connectivity index is 1.78. The fraction of sp³-hybridized carbons (Fsp3) is 0.222. The predicted octanol–water partition coefficient (Wildman–Crippen LogP) is 2.80. The number of aliphatic carboxylic acids is 1. The van der Waals surface area contributed by atoms with E-state index < -0.39 is 28.9 Å². The highest BCUT2D eigenvalue weighted by atomic mass is 16.7. The van der Waals surface area contributed by atoms with E-state index in [1.165, 1.54) is 31.2 Å². The molecule has 0 bridgehead atoms. The first-order valence-electron chi connectivity index (χ1n) is 8.13. The Labute approximate surface area is 158 Å². The van der Waals surface area contributed by atoms with Gasteiger partial charge in [-0.3, -0.25) is 14.9 Å². The van der Waals surface area contributed by atoms with Gasteiger partial charge in [0.2, 0.25) is 6.79 Å². The number of non-ortho nitro benzene ring substituents is 1. The average molecular weight is 388 g/mol. The highest BCUT2D eigenvalue weighted by molar-refractivity contribution is 5.75. The molecule has 1 atom stereocenters. The number of amides is 1. The van der Waals surface area contributed by atoms with Crippen LogP contribution in [0.2, 0.25) is 0 Å². The number of carbonyl (C=O) groups is 2. The molecule has 0 unspecified atom stereocenters. The number of ether oxygens (including phenoxy) is 3. The van der Waals surface area contributed by atoms with Crippen molar-refractivity contribution in [3.63, 3.8) is 0 Å². The number of nitrogens with zero attached hydrogens (tertiary/aromatic N) is 1. The van der Waals surface area contributed by atoms with Gasteiger partial charge in [-0.1, -0.05) is 6.07 Å². The fourth-order valence-electron chi connectivity index (χ4n) is 2.75. The quantitative estimate of drug-likeness (QED) is 0.569. The molecule has 1 heterocycles. The molecule has 0 saturated heterocycles. The van der Waals surface area contributed by atoms with E-state index in [1.54, 1.807) is 18.2 Å². The van der Waals surface area contributed by atoms with Gasteiger partial charge >= 0.3 is 12.1 Å². The van der Waals surface area contributed by atoms with Gasteiger partial charge in [-0.25, -0.2) is 4.79 Å². The molecule has 146 valence electrons. The minimum Gasteiger partial charge on any atom is -0.481 e. The van der Waals surface area contributed by atoms with Crippen molar-refractivity contribution in [2.45, 2.75) is 18.9 Å². The van der Waals surface area contributed by atoms with Crippen LogP contribution in [0.4, 0.5) is 10.5 Å². The van der Waals surface area contributed by atoms with Crippen molar-refractivity contribution in [3.05, 3.63) is 58.1 Å². The average Bonchev–Trinajstić information content (AvgIpc) is 3.09. The van der Waals surface area contributed by atoms with Crippen molar-refractivity contribution in [1.82, 2.24) is 5.32 Å². The Morgan fingerprint density at radius 3 is 2.54 bits per heavy atom. The minimum absolute atomic E-state index is 0.0596. The maximum atomic E-state index is 12.3. The summed E-state index contributed by atoms with van der Waals surface area (Å²) in [5.41, 5.74) is -0.964. The van der Waals surface area contributed by atoms with Gasteiger partial charge in [-0.15, -0.1) is 0 Å². The van der Waals surface area contributed by atoms with E-state index in [4.69, 9.17) is 14.2 Å². The summed E-state index contributed by atoms with van der Waals surface area (Å²) in [5.74, 6) is -0.0863. The number of carboxylic acid groups (broad SMARTS) is 1. The van der Waals surface area contributed by atoms with Crippen LogP contribution in [-0.2, 0) is 10.3 Å². The third-order valence-corrected chi connectivity index (χ3v) is 4.15. The second-order valence-corrected chi connectivity index (χ2v) is 6.24. The van der Waals surface area contributed by atoms with Gasteiger partial charge in [-0.2, -0.15) is 0 Å². The number of hydrogen-bond donors (Lipinski definition) is 2. The number of fused-ring (bicyclic) bond motifs is 1. The largest absolute Gasteiger partial charge is 0.481 e. The van der Waals surface area contributed by atoms with Crippen LogP contribution in [-0.4, -0.2) is 28.9 Å². The minimum atomic E-state index is -1.30. The fourth-order valence-corrected chi connectivity index (χ4v) is 2.75. The lowest BCUT2D eigenvalue weighted by Gasteiger charge is -2.29. The molecule has 10 heteroatoms. The number of nitro benzene ring substituents is 1. The molecule has 2 aromatic rings. The summed E-state index contributed by atoms with van der Waals surface area (Å²) in [6, 6.07) is 9.77. The first-order valence-corrected chi connectivity index (χ1v) is 8.13. The van der Waals surface area contributed by atoms with Crippen molar-refractivity contribution in [3.8, 4) is 17.2 Å². The molecule has 0 radical (unpaired) electrons. The summed E-state index contributed by atoms with van der Waals surface area (Å²) in [6.45, 7) is 1.60. The standard InChI is InChI=1S/C18H16N2O8/c1-18(9-16(21)22,11-2-7-14-15(8-11)27-10-26-14)19-17(23)28-13-5-3-12(4-6-13)20(24)25/h2-8H,9-10H2,1H3,(H,19,23)(H,21,22)/t18-/m1/s1. The number of nitrogens with one attached hydrogen (secondary N) is 1. The monoisotopic (exact) mass is 388 g/mol. The van der Waals surface area contributed by atoms with E-state index in [0.717, 1.165) is 0 Å². The number of rotatable bonds is 6.